The normalized spacial score (nSPS) is 21.6. The lowest BCUT2D eigenvalue weighted by Crippen LogP contribution is -2.41. The number of ether oxygens (including phenoxy) is 1. The molecule has 25 heavy (non-hydrogen) atoms. The van der Waals surface area contributed by atoms with E-state index in [2.05, 4.69) is 5.32 Å². The number of methoxy groups -OCH3 is 1. The van der Waals surface area contributed by atoms with E-state index in [-0.39, 0.29) is 29.1 Å². The highest BCUT2D eigenvalue weighted by Gasteiger charge is 2.42. The van der Waals surface area contributed by atoms with E-state index in [0.717, 1.165) is 6.07 Å². The molecule has 1 amide bonds. The van der Waals surface area contributed by atoms with E-state index < -0.39 is 34.1 Å². The second-order valence-electron chi connectivity index (χ2n) is 5.98. The molecule has 0 unspecified atom stereocenters. The first-order valence-corrected chi connectivity index (χ1v) is 9.15. The van der Waals surface area contributed by atoms with Crippen molar-refractivity contribution in [3.63, 3.8) is 0 Å². The van der Waals surface area contributed by atoms with Crippen LogP contribution in [0.4, 0.5) is 13.2 Å². The molecular weight excluding hydrogens is 361 g/mol. The highest BCUT2D eigenvalue weighted by atomic mass is 32.2. The van der Waals surface area contributed by atoms with E-state index in [1.807, 2.05) is 0 Å². The molecule has 2 rings (SSSR count). The minimum Gasteiger partial charge on any atom is -0.496 e. The van der Waals surface area contributed by atoms with Gasteiger partial charge in [-0.1, -0.05) is 6.42 Å². The third kappa shape index (κ3) is 4.85. The Balaban J connectivity index is 2.20. The number of hydrogen-bond acceptors (Lipinski definition) is 4. The first-order chi connectivity index (χ1) is 11.5. The molecule has 0 bridgehead atoms. The highest BCUT2D eigenvalue weighted by Crippen LogP contribution is 2.37. The van der Waals surface area contributed by atoms with Gasteiger partial charge in [0, 0.05) is 6.04 Å². The average Bonchev–Trinajstić information content (AvgIpc) is 2.52. The van der Waals surface area contributed by atoms with Crippen molar-refractivity contribution in [1.29, 1.82) is 0 Å². The number of alkyl halides is 3. The number of amides is 1. The van der Waals surface area contributed by atoms with Crippen LogP contribution in [-0.2, 0) is 10.0 Å². The molecular formula is C15H19F3N2O4S. The summed E-state index contributed by atoms with van der Waals surface area (Å²) in [6.45, 7) is 0. The van der Waals surface area contributed by atoms with Gasteiger partial charge in [0.05, 0.1) is 23.5 Å². The van der Waals surface area contributed by atoms with Gasteiger partial charge in [-0.2, -0.15) is 13.2 Å². The monoisotopic (exact) mass is 380 g/mol. The number of nitrogens with two attached hydrogens (primary N) is 1. The fourth-order valence-corrected chi connectivity index (χ4v) is 3.46. The zero-order chi connectivity index (χ0) is 18.8. The Kier molecular flexibility index (Phi) is 5.62. The number of halogens is 3. The molecule has 0 spiro atoms. The van der Waals surface area contributed by atoms with Gasteiger partial charge in [0.2, 0.25) is 10.0 Å². The van der Waals surface area contributed by atoms with Crippen LogP contribution in [0.1, 0.15) is 36.0 Å². The molecule has 1 saturated carbocycles. The molecule has 1 aromatic carbocycles. The standard InChI is InChI=1S/C15H19F3N2O4S/c1-24-13-6-5-11(25(19,22)23)8-12(13)14(21)20-10-4-2-3-9(7-10)15(16,17)18/h5-6,8-10H,2-4,7H2,1H3,(H,20,21)(H2,19,22,23)/t9-,10-/m0/s1. The van der Waals surface area contributed by atoms with Crippen molar-refractivity contribution < 1.29 is 31.1 Å². The van der Waals surface area contributed by atoms with Gasteiger partial charge in [0.15, 0.2) is 0 Å². The molecule has 2 atom stereocenters. The van der Waals surface area contributed by atoms with Crippen molar-refractivity contribution >= 4 is 15.9 Å². The maximum atomic E-state index is 12.9. The zero-order valence-corrected chi connectivity index (χ0v) is 14.3. The van der Waals surface area contributed by atoms with Crippen LogP contribution >= 0.6 is 0 Å². The summed E-state index contributed by atoms with van der Waals surface area (Å²) in [6.07, 6.45) is -3.68. The fourth-order valence-electron chi connectivity index (χ4n) is 2.92. The van der Waals surface area contributed by atoms with Crippen molar-refractivity contribution in [2.75, 3.05) is 7.11 Å². The molecule has 1 aromatic rings. The Morgan fingerprint density at radius 1 is 1.32 bits per heavy atom. The first-order valence-electron chi connectivity index (χ1n) is 7.60. The third-order valence-corrected chi connectivity index (χ3v) is 5.13. The van der Waals surface area contributed by atoms with Gasteiger partial charge in [-0.3, -0.25) is 4.79 Å². The van der Waals surface area contributed by atoms with Gasteiger partial charge in [-0.15, -0.1) is 0 Å². The van der Waals surface area contributed by atoms with Gasteiger partial charge in [0.1, 0.15) is 5.75 Å². The van der Waals surface area contributed by atoms with Crippen LogP contribution in [0.5, 0.6) is 5.75 Å². The number of carbonyl (C=O) groups is 1. The van der Waals surface area contributed by atoms with Crippen LogP contribution in [0, 0.1) is 5.92 Å². The smallest absolute Gasteiger partial charge is 0.391 e. The second kappa shape index (κ2) is 7.20. The number of benzene rings is 1. The van der Waals surface area contributed by atoms with Crippen LogP contribution in [0.2, 0.25) is 0 Å². The minimum atomic E-state index is -4.30. The van der Waals surface area contributed by atoms with E-state index in [0.29, 0.717) is 12.8 Å². The van der Waals surface area contributed by atoms with Gasteiger partial charge in [0.25, 0.3) is 5.91 Å². The number of rotatable bonds is 4. The highest BCUT2D eigenvalue weighted by molar-refractivity contribution is 7.89. The summed E-state index contributed by atoms with van der Waals surface area (Å²) in [7, 11) is -2.73. The van der Waals surface area contributed by atoms with Gasteiger partial charge >= 0.3 is 6.18 Å². The average molecular weight is 380 g/mol. The number of nitrogens with one attached hydrogen (secondary N) is 1. The lowest BCUT2D eigenvalue weighted by molar-refractivity contribution is -0.183. The van der Waals surface area contributed by atoms with E-state index in [4.69, 9.17) is 9.88 Å². The fraction of sp³-hybridized carbons (Fsp3) is 0.533. The summed E-state index contributed by atoms with van der Waals surface area (Å²) in [6, 6.07) is 2.86. The summed E-state index contributed by atoms with van der Waals surface area (Å²) in [5.74, 6) is -2.05. The summed E-state index contributed by atoms with van der Waals surface area (Å²) in [5, 5.41) is 7.58. The van der Waals surface area contributed by atoms with Crippen molar-refractivity contribution in [2.24, 2.45) is 11.1 Å². The second-order valence-corrected chi connectivity index (χ2v) is 7.54. The van der Waals surface area contributed by atoms with Crippen molar-refractivity contribution in [2.45, 2.75) is 42.8 Å². The molecule has 1 fully saturated rings. The number of carbonyl (C=O) groups excluding carboxylic acids is 1. The van der Waals surface area contributed by atoms with E-state index >= 15 is 0 Å². The topological polar surface area (TPSA) is 98.5 Å². The zero-order valence-electron chi connectivity index (χ0n) is 13.5. The minimum absolute atomic E-state index is 0.0418. The molecule has 3 N–H and O–H groups in total. The summed E-state index contributed by atoms with van der Waals surface area (Å²) in [4.78, 5) is 12.1. The molecule has 0 radical (unpaired) electrons. The summed E-state index contributed by atoms with van der Waals surface area (Å²) in [5.41, 5.74) is -0.0943. The van der Waals surface area contributed by atoms with Crippen molar-refractivity contribution in [1.82, 2.24) is 5.32 Å². The summed E-state index contributed by atoms with van der Waals surface area (Å²) >= 11 is 0. The van der Waals surface area contributed by atoms with Crippen molar-refractivity contribution in [3.8, 4) is 5.75 Å². The molecule has 0 heterocycles. The van der Waals surface area contributed by atoms with Gasteiger partial charge < -0.3 is 10.1 Å². The van der Waals surface area contributed by atoms with Crippen molar-refractivity contribution in [3.05, 3.63) is 23.8 Å². The molecule has 0 saturated heterocycles. The maximum absolute atomic E-state index is 12.9. The Labute approximate surface area is 143 Å². The SMILES string of the molecule is COc1ccc(S(N)(=O)=O)cc1C(=O)N[C@H]1CCC[C@H](C(F)(F)F)C1. The lowest BCUT2D eigenvalue weighted by Gasteiger charge is -2.31. The molecule has 10 heteroatoms. The van der Waals surface area contributed by atoms with E-state index in [1.54, 1.807) is 0 Å². The molecule has 1 aliphatic rings. The van der Waals surface area contributed by atoms with Crippen LogP contribution in [0.3, 0.4) is 0 Å². The van der Waals surface area contributed by atoms with E-state index in [1.165, 1.54) is 19.2 Å². The predicted molar refractivity (Wildman–Crippen MR) is 83.6 cm³/mol. The first kappa shape index (κ1) is 19.5. The molecule has 0 aromatic heterocycles. The molecule has 1 aliphatic carbocycles. The quantitative estimate of drug-likeness (QED) is 0.837. The lowest BCUT2D eigenvalue weighted by atomic mass is 9.85. The Bertz CT molecular complexity index is 750. The largest absolute Gasteiger partial charge is 0.496 e. The number of sulfonamides is 1. The van der Waals surface area contributed by atoms with Crippen LogP contribution < -0.4 is 15.2 Å². The Hall–Kier alpha value is -1.81. The van der Waals surface area contributed by atoms with E-state index in [9.17, 15) is 26.4 Å². The third-order valence-electron chi connectivity index (χ3n) is 4.22. The Morgan fingerprint density at radius 3 is 2.56 bits per heavy atom. The summed E-state index contributed by atoms with van der Waals surface area (Å²) < 4.78 is 66.5. The Morgan fingerprint density at radius 2 is 2.00 bits per heavy atom. The molecule has 6 nitrogen and oxygen atoms in total. The van der Waals surface area contributed by atoms with Crippen LogP contribution in [-0.4, -0.2) is 33.7 Å². The number of primary sulfonamides is 1. The van der Waals surface area contributed by atoms with Gasteiger partial charge in [-0.05, 0) is 37.5 Å². The molecule has 140 valence electrons. The molecule has 0 aliphatic heterocycles. The number of hydrogen-bond donors (Lipinski definition) is 2. The van der Waals surface area contributed by atoms with Crippen LogP contribution in [0.15, 0.2) is 23.1 Å². The van der Waals surface area contributed by atoms with Crippen LogP contribution in [0.25, 0.3) is 0 Å². The maximum Gasteiger partial charge on any atom is 0.391 e. The van der Waals surface area contributed by atoms with Gasteiger partial charge in [-0.25, -0.2) is 13.6 Å². The predicted octanol–water partition coefficient (Wildman–Crippen LogP) is 2.19.